The van der Waals surface area contributed by atoms with Crippen molar-refractivity contribution in [3.8, 4) is 0 Å². The van der Waals surface area contributed by atoms with E-state index in [0.29, 0.717) is 0 Å². The number of aryl methyl sites for hydroxylation is 1. The van der Waals surface area contributed by atoms with Crippen molar-refractivity contribution in [3.05, 3.63) is 22.9 Å². The number of nitrogens with zero attached hydrogens (tertiary/aromatic N) is 1. The van der Waals surface area contributed by atoms with Gasteiger partial charge in [0.05, 0.1) is 0 Å². The largest absolute Gasteiger partial charge is 0.478 e. The van der Waals surface area contributed by atoms with Crippen molar-refractivity contribution in [2.24, 2.45) is 0 Å². The number of carboxylic acid groups (broad SMARTS) is 1. The lowest BCUT2D eigenvalue weighted by Gasteiger charge is -2.06. The molecule has 0 amide bonds. The van der Waals surface area contributed by atoms with E-state index in [-0.39, 0.29) is 16.9 Å². The monoisotopic (exact) mass is 202 g/mol. The maximum atomic E-state index is 12.2. The molecule has 1 heterocycles. The van der Waals surface area contributed by atoms with Crippen molar-refractivity contribution >= 4 is 11.8 Å². The molecule has 6 heteroatoms. The number of hydrogen-bond acceptors (Lipinski definition) is 3. The fraction of sp³-hybridized carbons (Fsp3) is 0.250. The summed E-state index contributed by atoms with van der Waals surface area (Å²) in [5.74, 6) is -1.65. The van der Waals surface area contributed by atoms with Crippen molar-refractivity contribution in [3.63, 3.8) is 0 Å². The van der Waals surface area contributed by atoms with Gasteiger partial charge in [-0.15, -0.1) is 0 Å². The summed E-state index contributed by atoms with van der Waals surface area (Å²) < 4.78 is 24.4. The Morgan fingerprint density at radius 1 is 1.64 bits per heavy atom. The Kier molecular flexibility index (Phi) is 2.64. The Morgan fingerprint density at radius 2 is 2.21 bits per heavy atom. The van der Waals surface area contributed by atoms with Gasteiger partial charge in [-0.3, -0.25) is 0 Å². The van der Waals surface area contributed by atoms with Crippen LogP contribution in [0.15, 0.2) is 6.07 Å². The number of aromatic carboxylic acids is 1. The third kappa shape index (κ3) is 1.78. The Balaban J connectivity index is 3.32. The van der Waals surface area contributed by atoms with Crippen molar-refractivity contribution < 1.29 is 18.7 Å². The summed E-state index contributed by atoms with van der Waals surface area (Å²) in [6.07, 6.45) is -2.75. The maximum absolute atomic E-state index is 12.2. The SMILES string of the molecule is Cc1cc(C(F)F)nc(N)c1C(=O)O. The number of carboxylic acids is 1. The molecule has 0 radical (unpaired) electrons. The molecule has 1 aromatic rings. The molecule has 0 aliphatic carbocycles. The molecular weight excluding hydrogens is 194 g/mol. The van der Waals surface area contributed by atoms with Crippen LogP contribution in [0.4, 0.5) is 14.6 Å². The Hall–Kier alpha value is -1.72. The van der Waals surface area contributed by atoms with Gasteiger partial charge < -0.3 is 10.8 Å². The van der Waals surface area contributed by atoms with Crippen LogP contribution in [0.5, 0.6) is 0 Å². The quantitative estimate of drug-likeness (QED) is 0.763. The van der Waals surface area contributed by atoms with E-state index in [1.54, 1.807) is 0 Å². The van der Waals surface area contributed by atoms with Crippen LogP contribution in [-0.2, 0) is 0 Å². The van der Waals surface area contributed by atoms with Crippen molar-refractivity contribution in [2.45, 2.75) is 13.3 Å². The molecule has 4 nitrogen and oxygen atoms in total. The van der Waals surface area contributed by atoms with Crippen LogP contribution in [0.1, 0.15) is 28.0 Å². The van der Waals surface area contributed by atoms with Gasteiger partial charge in [0.15, 0.2) is 0 Å². The van der Waals surface area contributed by atoms with Crippen molar-refractivity contribution in [1.82, 2.24) is 4.98 Å². The molecule has 0 aliphatic heterocycles. The first kappa shape index (κ1) is 10.4. The number of pyridine rings is 1. The second-order valence-corrected chi connectivity index (χ2v) is 2.73. The normalized spacial score (nSPS) is 10.6. The Bertz CT molecular complexity index is 357. The van der Waals surface area contributed by atoms with Crippen LogP contribution in [0.25, 0.3) is 0 Å². The molecule has 0 saturated heterocycles. The van der Waals surface area contributed by atoms with E-state index in [0.717, 1.165) is 6.07 Å². The molecule has 14 heavy (non-hydrogen) atoms. The van der Waals surface area contributed by atoms with Crippen LogP contribution in [0, 0.1) is 6.92 Å². The fourth-order valence-corrected chi connectivity index (χ4v) is 1.11. The molecule has 3 N–H and O–H groups in total. The second-order valence-electron chi connectivity index (χ2n) is 2.73. The van der Waals surface area contributed by atoms with Crippen LogP contribution >= 0.6 is 0 Å². The molecular formula is C8H8F2N2O2. The van der Waals surface area contributed by atoms with E-state index in [1.165, 1.54) is 6.92 Å². The van der Waals surface area contributed by atoms with Crippen LogP contribution < -0.4 is 5.73 Å². The van der Waals surface area contributed by atoms with E-state index in [2.05, 4.69) is 4.98 Å². The van der Waals surface area contributed by atoms with E-state index < -0.39 is 18.1 Å². The van der Waals surface area contributed by atoms with Gasteiger partial charge in [-0.25, -0.2) is 18.6 Å². The molecule has 0 saturated carbocycles. The number of nitrogen functional groups attached to an aromatic ring is 1. The minimum Gasteiger partial charge on any atom is -0.478 e. The van der Waals surface area contributed by atoms with Crippen LogP contribution in [0.3, 0.4) is 0 Å². The van der Waals surface area contributed by atoms with Gasteiger partial charge in [0.25, 0.3) is 6.43 Å². The lowest BCUT2D eigenvalue weighted by Crippen LogP contribution is -2.09. The average Bonchev–Trinajstić information content (AvgIpc) is 2.01. The predicted octanol–water partition coefficient (Wildman–Crippen LogP) is 1.61. The van der Waals surface area contributed by atoms with Gasteiger partial charge in [-0.1, -0.05) is 0 Å². The molecule has 76 valence electrons. The van der Waals surface area contributed by atoms with E-state index >= 15 is 0 Å². The van der Waals surface area contributed by atoms with Crippen LogP contribution in [-0.4, -0.2) is 16.1 Å². The van der Waals surface area contributed by atoms with Gasteiger partial charge in [-0.2, -0.15) is 0 Å². The minimum atomic E-state index is -2.75. The summed E-state index contributed by atoms with van der Waals surface area (Å²) in [5.41, 5.74) is 4.68. The zero-order valence-corrected chi connectivity index (χ0v) is 7.29. The summed E-state index contributed by atoms with van der Waals surface area (Å²) in [5, 5.41) is 8.67. The molecule has 0 fully saturated rings. The number of rotatable bonds is 2. The number of hydrogen-bond donors (Lipinski definition) is 2. The number of halogens is 2. The molecule has 0 unspecified atom stereocenters. The standard InChI is InChI=1S/C8H8F2N2O2/c1-3-2-4(6(9)10)12-7(11)5(3)8(13)14/h2,6H,1H3,(H2,11,12)(H,13,14). The zero-order valence-electron chi connectivity index (χ0n) is 7.29. The molecule has 0 spiro atoms. The topological polar surface area (TPSA) is 76.2 Å². The number of nitrogens with two attached hydrogens (primary N) is 1. The van der Waals surface area contributed by atoms with Gasteiger partial charge >= 0.3 is 5.97 Å². The smallest absolute Gasteiger partial charge is 0.339 e. The first-order chi connectivity index (χ1) is 6.43. The average molecular weight is 202 g/mol. The summed E-state index contributed by atoms with van der Waals surface area (Å²) in [7, 11) is 0. The third-order valence-corrected chi connectivity index (χ3v) is 1.70. The lowest BCUT2D eigenvalue weighted by atomic mass is 10.1. The highest BCUT2D eigenvalue weighted by Gasteiger charge is 2.17. The molecule has 0 bridgehead atoms. The van der Waals surface area contributed by atoms with Crippen molar-refractivity contribution in [2.75, 3.05) is 5.73 Å². The molecule has 0 aliphatic rings. The summed E-state index contributed by atoms with van der Waals surface area (Å²) >= 11 is 0. The first-order valence-corrected chi connectivity index (χ1v) is 3.72. The lowest BCUT2D eigenvalue weighted by molar-refractivity contribution is 0.0696. The highest BCUT2D eigenvalue weighted by Crippen LogP contribution is 2.22. The van der Waals surface area contributed by atoms with Crippen LogP contribution in [0.2, 0.25) is 0 Å². The third-order valence-electron chi connectivity index (χ3n) is 1.70. The maximum Gasteiger partial charge on any atom is 0.339 e. The Morgan fingerprint density at radius 3 is 2.57 bits per heavy atom. The van der Waals surface area contributed by atoms with Gasteiger partial charge in [0.2, 0.25) is 0 Å². The zero-order chi connectivity index (χ0) is 10.9. The first-order valence-electron chi connectivity index (χ1n) is 3.72. The van der Waals surface area contributed by atoms with Crippen molar-refractivity contribution in [1.29, 1.82) is 0 Å². The molecule has 1 rings (SSSR count). The summed E-state index contributed by atoms with van der Waals surface area (Å²) in [6.45, 7) is 1.40. The number of aromatic nitrogens is 1. The number of alkyl halides is 2. The van der Waals surface area contributed by atoms with E-state index in [1.807, 2.05) is 0 Å². The minimum absolute atomic E-state index is 0.181. The highest BCUT2D eigenvalue weighted by atomic mass is 19.3. The van der Waals surface area contributed by atoms with E-state index in [9.17, 15) is 13.6 Å². The van der Waals surface area contributed by atoms with Gasteiger partial charge in [0, 0.05) is 0 Å². The summed E-state index contributed by atoms with van der Waals surface area (Å²) in [4.78, 5) is 13.9. The Labute approximate surface area is 78.4 Å². The van der Waals surface area contributed by atoms with E-state index in [4.69, 9.17) is 10.8 Å². The van der Waals surface area contributed by atoms with Gasteiger partial charge in [-0.05, 0) is 18.6 Å². The predicted molar refractivity (Wildman–Crippen MR) is 45.3 cm³/mol. The fourth-order valence-electron chi connectivity index (χ4n) is 1.11. The highest BCUT2D eigenvalue weighted by molar-refractivity contribution is 5.94. The molecule has 1 aromatic heterocycles. The van der Waals surface area contributed by atoms with Gasteiger partial charge in [0.1, 0.15) is 17.1 Å². The number of carbonyl (C=O) groups is 1. The summed E-state index contributed by atoms with van der Waals surface area (Å²) in [6, 6.07) is 1.02. The number of anilines is 1. The second kappa shape index (κ2) is 3.57. The molecule has 0 atom stereocenters. The molecule has 0 aromatic carbocycles.